The molecule has 5 nitrogen and oxygen atoms in total. The van der Waals surface area contributed by atoms with E-state index in [1.807, 2.05) is 30.3 Å². The van der Waals surface area contributed by atoms with Crippen LogP contribution in [0.1, 0.15) is 5.56 Å². The van der Waals surface area contributed by atoms with Gasteiger partial charge in [0.15, 0.2) is 0 Å². The Balaban J connectivity index is 2.08. The van der Waals surface area contributed by atoms with Crippen LogP contribution in [0.15, 0.2) is 59.6 Å². The summed E-state index contributed by atoms with van der Waals surface area (Å²) in [6.45, 7) is 0. The number of methoxy groups -OCH3 is 1. The Hall–Kier alpha value is -2.95. The Morgan fingerprint density at radius 3 is 2.52 bits per heavy atom. The molecule has 0 radical (unpaired) electrons. The standard InChI is InChI=1S/C16H14N2O3/c1-21-14-10-8-13(9-11-14)5-4-12-17-15-6-2-3-7-16(15)18(19)20/h2-12H,1H3/b5-4+,17-12?. The monoisotopic (exact) mass is 282 g/mol. The summed E-state index contributed by atoms with van der Waals surface area (Å²) >= 11 is 0. The summed E-state index contributed by atoms with van der Waals surface area (Å²) < 4.78 is 5.07. The lowest BCUT2D eigenvalue weighted by Crippen LogP contribution is -1.87. The third kappa shape index (κ3) is 4.01. The fourth-order valence-corrected chi connectivity index (χ4v) is 1.72. The van der Waals surface area contributed by atoms with E-state index in [4.69, 9.17) is 4.74 Å². The third-order valence-electron chi connectivity index (χ3n) is 2.78. The molecule has 0 saturated carbocycles. The van der Waals surface area contributed by atoms with Crippen molar-refractivity contribution in [2.24, 2.45) is 4.99 Å². The van der Waals surface area contributed by atoms with Crippen LogP contribution in [-0.4, -0.2) is 18.2 Å². The molecular formula is C16H14N2O3. The number of nitro benzene ring substituents is 1. The SMILES string of the molecule is COc1ccc(/C=C/C=Nc2ccccc2[N+](=O)[O-])cc1. The second-order valence-corrected chi connectivity index (χ2v) is 4.16. The van der Waals surface area contributed by atoms with Crippen molar-refractivity contribution in [2.45, 2.75) is 0 Å². The van der Waals surface area contributed by atoms with Gasteiger partial charge in [-0.25, -0.2) is 4.99 Å². The van der Waals surface area contributed by atoms with Crippen molar-refractivity contribution < 1.29 is 9.66 Å². The summed E-state index contributed by atoms with van der Waals surface area (Å²) in [5, 5.41) is 10.8. The Morgan fingerprint density at radius 2 is 1.86 bits per heavy atom. The number of aliphatic imine (C=N–C) groups is 1. The molecule has 0 heterocycles. The van der Waals surface area contributed by atoms with Crippen LogP contribution in [0.25, 0.3) is 6.08 Å². The number of benzene rings is 2. The maximum absolute atomic E-state index is 10.8. The van der Waals surface area contributed by atoms with Gasteiger partial charge in [0.25, 0.3) is 5.69 Å². The number of rotatable bonds is 5. The zero-order valence-electron chi connectivity index (χ0n) is 11.5. The van der Waals surface area contributed by atoms with Crippen molar-refractivity contribution in [1.29, 1.82) is 0 Å². The quantitative estimate of drug-likeness (QED) is 0.472. The molecule has 0 aromatic heterocycles. The Morgan fingerprint density at radius 1 is 1.14 bits per heavy atom. The molecule has 0 amide bonds. The Kier molecular flexibility index (Phi) is 4.82. The molecule has 2 rings (SSSR count). The first-order valence-corrected chi connectivity index (χ1v) is 6.29. The average Bonchev–Trinajstić information content (AvgIpc) is 2.52. The zero-order chi connectivity index (χ0) is 15.1. The van der Waals surface area contributed by atoms with Gasteiger partial charge in [0.2, 0.25) is 0 Å². The molecule has 0 fully saturated rings. The van der Waals surface area contributed by atoms with E-state index in [9.17, 15) is 10.1 Å². The molecule has 5 heteroatoms. The predicted octanol–water partition coefficient (Wildman–Crippen LogP) is 4.02. The highest BCUT2D eigenvalue weighted by molar-refractivity contribution is 5.81. The summed E-state index contributed by atoms with van der Waals surface area (Å²) in [4.78, 5) is 14.5. The minimum atomic E-state index is -0.445. The van der Waals surface area contributed by atoms with Crippen molar-refractivity contribution in [3.05, 3.63) is 70.3 Å². The Bertz CT molecular complexity index is 676. The second kappa shape index (κ2) is 7.00. The summed E-state index contributed by atoms with van der Waals surface area (Å²) in [5.41, 5.74) is 1.32. The summed E-state index contributed by atoms with van der Waals surface area (Å²) in [6, 6.07) is 13.9. The van der Waals surface area contributed by atoms with Crippen LogP contribution in [0.4, 0.5) is 11.4 Å². The van der Waals surface area contributed by atoms with Gasteiger partial charge in [-0.15, -0.1) is 0 Å². The molecule has 0 aliphatic heterocycles. The van der Waals surface area contributed by atoms with Crippen LogP contribution < -0.4 is 4.74 Å². The Labute approximate surface area is 122 Å². The highest BCUT2D eigenvalue weighted by atomic mass is 16.6. The molecule has 0 aliphatic carbocycles. The molecule has 21 heavy (non-hydrogen) atoms. The molecule has 0 N–H and O–H groups in total. The highest BCUT2D eigenvalue weighted by Gasteiger charge is 2.09. The number of ether oxygens (including phenoxy) is 1. The van der Waals surface area contributed by atoms with Crippen LogP contribution in [0.3, 0.4) is 0 Å². The summed E-state index contributed by atoms with van der Waals surface area (Å²) in [6.07, 6.45) is 5.13. The van der Waals surface area contributed by atoms with E-state index in [1.165, 1.54) is 12.3 Å². The van der Waals surface area contributed by atoms with Crippen LogP contribution in [0.5, 0.6) is 5.75 Å². The van der Waals surface area contributed by atoms with Crippen LogP contribution >= 0.6 is 0 Å². The van der Waals surface area contributed by atoms with Crippen molar-refractivity contribution in [3.63, 3.8) is 0 Å². The number of hydrogen-bond acceptors (Lipinski definition) is 4. The van der Waals surface area contributed by atoms with Crippen molar-refractivity contribution in [1.82, 2.24) is 0 Å². The molecule has 106 valence electrons. The van der Waals surface area contributed by atoms with Crippen LogP contribution in [0, 0.1) is 10.1 Å². The predicted molar refractivity (Wildman–Crippen MR) is 83.3 cm³/mol. The lowest BCUT2D eigenvalue weighted by atomic mass is 10.2. The second-order valence-electron chi connectivity index (χ2n) is 4.16. The number of nitro groups is 1. The van der Waals surface area contributed by atoms with Gasteiger partial charge in [-0.3, -0.25) is 10.1 Å². The first kappa shape index (κ1) is 14.5. The number of hydrogen-bond donors (Lipinski definition) is 0. The van der Waals surface area contributed by atoms with Gasteiger partial charge in [-0.1, -0.05) is 30.3 Å². The highest BCUT2D eigenvalue weighted by Crippen LogP contribution is 2.25. The van der Waals surface area contributed by atoms with E-state index >= 15 is 0 Å². The molecule has 2 aromatic rings. The minimum Gasteiger partial charge on any atom is -0.497 e. The van der Waals surface area contributed by atoms with E-state index < -0.39 is 4.92 Å². The van der Waals surface area contributed by atoms with Crippen molar-refractivity contribution >= 4 is 23.7 Å². The molecule has 0 atom stereocenters. The van der Waals surface area contributed by atoms with Gasteiger partial charge in [0.1, 0.15) is 11.4 Å². The lowest BCUT2D eigenvalue weighted by molar-refractivity contribution is -0.384. The van der Waals surface area contributed by atoms with Gasteiger partial charge < -0.3 is 4.74 Å². The number of nitrogens with zero attached hydrogens (tertiary/aromatic N) is 2. The molecular weight excluding hydrogens is 268 g/mol. The normalized spacial score (nSPS) is 11.1. The molecule has 0 aliphatic rings. The lowest BCUT2D eigenvalue weighted by Gasteiger charge is -1.98. The first-order valence-electron chi connectivity index (χ1n) is 6.29. The maximum Gasteiger partial charge on any atom is 0.294 e. The van der Waals surface area contributed by atoms with E-state index in [2.05, 4.69) is 4.99 Å². The number of allylic oxidation sites excluding steroid dienone is 1. The third-order valence-corrected chi connectivity index (χ3v) is 2.78. The van der Waals surface area contributed by atoms with Crippen molar-refractivity contribution in [2.75, 3.05) is 7.11 Å². The average molecular weight is 282 g/mol. The zero-order valence-corrected chi connectivity index (χ0v) is 11.5. The van der Waals surface area contributed by atoms with E-state index in [0.29, 0.717) is 5.69 Å². The van der Waals surface area contributed by atoms with Gasteiger partial charge >= 0.3 is 0 Å². The number of para-hydroxylation sites is 2. The van der Waals surface area contributed by atoms with Gasteiger partial charge in [-0.05, 0) is 29.8 Å². The molecule has 2 aromatic carbocycles. The van der Waals surface area contributed by atoms with Crippen LogP contribution in [0.2, 0.25) is 0 Å². The topological polar surface area (TPSA) is 64.7 Å². The van der Waals surface area contributed by atoms with E-state index in [0.717, 1.165) is 11.3 Å². The van der Waals surface area contributed by atoms with E-state index in [-0.39, 0.29) is 5.69 Å². The minimum absolute atomic E-state index is 0.00778. The van der Waals surface area contributed by atoms with E-state index in [1.54, 1.807) is 31.4 Å². The van der Waals surface area contributed by atoms with Crippen LogP contribution in [-0.2, 0) is 0 Å². The largest absolute Gasteiger partial charge is 0.497 e. The summed E-state index contributed by atoms with van der Waals surface area (Å²) in [5.74, 6) is 0.792. The molecule has 0 saturated heterocycles. The fourth-order valence-electron chi connectivity index (χ4n) is 1.72. The molecule has 0 spiro atoms. The maximum atomic E-state index is 10.8. The fraction of sp³-hybridized carbons (Fsp3) is 0.0625. The van der Waals surface area contributed by atoms with Gasteiger partial charge in [0.05, 0.1) is 12.0 Å². The molecule has 0 bridgehead atoms. The van der Waals surface area contributed by atoms with Crippen molar-refractivity contribution in [3.8, 4) is 5.75 Å². The smallest absolute Gasteiger partial charge is 0.294 e. The first-order chi connectivity index (χ1) is 10.2. The summed E-state index contributed by atoms with van der Waals surface area (Å²) in [7, 11) is 1.62. The van der Waals surface area contributed by atoms with Gasteiger partial charge in [-0.2, -0.15) is 0 Å². The molecule has 0 unspecified atom stereocenters. The van der Waals surface area contributed by atoms with Gasteiger partial charge in [0, 0.05) is 12.3 Å².